The van der Waals surface area contributed by atoms with Crippen molar-refractivity contribution in [2.75, 3.05) is 6.54 Å². The van der Waals surface area contributed by atoms with Crippen LogP contribution in [0.4, 0.5) is 0 Å². The zero-order valence-electron chi connectivity index (χ0n) is 16.8. The van der Waals surface area contributed by atoms with Crippen LogP contribution in [-0.2, 0) is 20.8 Å². The highest BCUT2D eigenvalue weighted by Crippen LogP contribution is 2.59. The lowest BCUT2D eigenvalue weighted by atomic mass is 9.47. The smallest absolute Gasteiger partial charge is 0.263 e. The third-order valence-electron chi connectivity index (χ3n) is 7.71. The van der Waals surface area contributed by atoms with Crippen molar-refractivity contribution in [2.45, 2.75) is 50.1 Å². The second-order valence-electron chi connectivity index (χ2n) is 9.32. The molecule has 3 amide bonds. The molecule has 1 aromatic carbocycles. The van der Waals surface area contributed by atoms with E-state index in [2.05, 4.69) is 5.32 Å². The van der Waals surface area contributed by atoms with E-state index in [1.807, 2.05) is 30.3 Å². The first-order valence-corrected chi connectivity index (χ1v) is 10.6. The van der Waals surface area contributed by atoms with Gasteiger partial charge >= 0.3 is 0 Å². The van der Waals surface area contributed by atoms with Gasteiger partial charge in [-0.1, -0.05) is 30.3 Å². The number of benzene rings is 1. The van der Waals surface area contributed by atoms with Crippen LogP contribution in [0.2, 0.25) is 0 Å². The monoisotopic (exact) mass is 433 g/mol. The molecule has 0 aromatic heterocycles. The van der Waals surface area contributed by atoms with Gasteiger partial charge in [-0.2, -0.15) is 0 Å². The molecule has 5 fully saturated rings. The summed E-state index contributed by atoms with van der Waals surface area (Å²) in [4.78, 5) is 39.9. The van der Waals surface area contributed by atoms with Gasteiger partial charge in [-0.25, -0.2) is 5.48 Å². The zero-order valence-corrected chi connectivity index (χ0v) is 17.6. The minimum absolute atomic E-state index is 0. The molecule has 5 aliphatic rings. The molecular weight excluding hydrogens is 406 g/mol. The number of carbonyl (C=O) groups is 3. The summed E-state index contributed by atoms with van der Waals surface area (Å²) in [6.07, 6.45) is 5.78. The lowest BCUT2D eigenvalue weighted by Crippen LogP contribution is -2.79. The average molecular weight is 434 g/mol. The van der Waals surface area contributed by atoms with E-state index in [1.54, 1.807) is 5.48 Å². The van der Waals surface area contributed by atoms with Crippen LogP contribution in [0.5, 0.6) is 0 Å². The van der Waals surface area contributed by atoms with Gasteiger partial charge in [0, 0.05) is 0 Å². The van der Waals surface area contributed by atoms with Gasteiger partial charge in [0.25, 0.3) is 11.8 Å². The van der Waals surface area contributed by atoms with Gasteiger partial charge in [0.2, 0.25) is 5.91 Å². The molecule has 8 heteroatoms. The molecule has 1 heterocycles. The van der Waals surface area contributed by atoms with Crippen molar-refractivity contribution >= 4 is 30.1 Å². The van der Waals surface area contributed by atoms with Crippen LogP contribution < -0.4 is 10.8 Å². The second-order valence-corrected chi connectivity index (χ2v) is 9.32. The molecule has 1 atom stereocenters. The van der Waals surface area contributed by atoms with Crippen LogP contribution in [0, 0.1) is 23.7 Å². The summed E-state index contributed by atoms with van der Waals surface area (Å²) in [7, 11) is 0. The first-order valence-electron chi connectivity index (χ1n) is 10.6. The molecular formula is C22H28ClN3O4. The quantitative estimate of drug-likeness (QED) is 0.381. The van der Waals surface area contributed by atoms with Gasteiger partial charge < -0.3 is 0 Å². The number of piperazine rings is 1. The summed E-state index contributed by atoms with van der Waals surface area (Å²) in [6.45, 7) is -0.435. The Bertz CT molecular complexity index is 818. The third kappa shape index (κ3) is 3.24. The molecule has 4 saturated carbocycles. The van der Waals surface area contributed by atoms with E-state index in [1.165, 1.54) is 6.42 Å². The summed E-state index contributed by atoms with van der Waals surface area (Å²) < 4.78 is 0. The molecule has 1 aliphatic heterocycles. The lowest BCUT2D eigenvalue weighted by Gasteiger charge is -2.63. The molecule has 4 aliphatic carbocycles. The minimum Gasteiger partial charge on any atom is -0.291 e. The highest BCUT2D eigenvalue weighted by Gasteiger charge is 2.65. The predicted molar refractivity (Wildman–Crippen MR) is 111 cm³/mol. The van der Waals surface area contributed by atoms with Crippen LogP contribution in [0.15, 0.2) is 30.3 Å². The molecule has 0 radical (unpaired) electrons. The fraction of sp³-hybridized carbons (Fsp3) is 0.591. The third-order valence-corrected chi connectivity index (χ3v) is 7.71. The van der Waals surface area contributed by atoms with Crippen molar-refractivity contribution in [2.24, 2.45) is 23.7 Å². The molecule has 6 rings (SSSR count). The first kappa shape index (κ1) is 21.3. The summed E-state index contributed by atoms with van der Waals surface area (Å²) >= 11 is 0. The largest absolute Gasteiger partial charge is 0.291 e. The molecule has 4 bridgehead atoms. The van der Waals surface area contributed by atoms with Gasteiger partial charge in [0.05, 0.1) is 6.04 Å². The van der Waals surface area contributed by atoms with Gasteiger partial charge in [-0.05, 0) is 67.8 Å². The molecule has 30 heavy (non-hydrogen) atoms. The first-order chi connectivity index (χ1) is 14.0. The number of amides is 3. The van der Waals surface area contributed by atoms with E-state index in [0.29, 0.717) is 18.3 Å². The predicted octanol–water partition coefficient (Wildman–Crippen LogP) is 1.68. The standard InChI is InChI=1S/C22H27N3O4.ClH/c26-19(24-29)12-25-20(27)18(11-13-4-2-1-3-5-13)23-22(21(25)28)16-7-14-6-15(9-16)10-17(22)8-14;/h1-5,14-18,23,29H,6-12H2,(H,24,26);1H/t14?,15?,16?,17?,18-,22?;/m1./s1. The van der Waals surface area contributed by atoms with E-state index in [-0.39, 0.29) is 36.1 Å². The fourth-order valence-electron chi connectivity index (χ4n) is 6.75. The summed E-state index contributed by atoms with van der Waals surface area (Å²) in [6, 6.07) is 9.19. The van der Waals surface area contributed by atoms with E-state index in [9.17, 15) is 14.4 Å². The zero-order chi connectivity index (χ0) is 20.2. The van der Waals surface area contributed by atoms with Crippen LogP contribution in [0.25, 0.3) is 0 Å². The molecule has 1 aromatic rings. The summed E-state index contributed by atoms with van der Waals surface area (Å²) in [5.41, 5.74) is 1.81. The van der Waals surface area contributed by atoms with Crippen molar-refractivity contribution < 1.29 is 19.6 Å². The maximum absolute atomic E-state index is 13.7. The van der Waals surface area contributed by atoms with Crippen molar-refractivity contribution in [3.8, 4) is 0 Å². The van der Waals surface area contributed by atoms with Crippen molar-refractivity contribution in [1.82, 2.24) is 15.7 Å². The van der Waals surface area contributed by atoms with Gasteiger partial charge in [0.15, 0.2) is 0 Å². The van der Waals surface area contributed by atoms with E-state index in [0.717, 1.165) is 36.1 Å². The Labute approximate surface area is 181 Å². The van der Waals surface area contributed by atoms with Gasteiger partial charge in [-0.15, -0.1) is 12.4 Å². The molecule has 7 nitrogen and oxygen atoms in total. The molecule has 162 valence electrons. The van der Waals surface area contributed by atoms with Crippen LogP contribution in [0.3, 0.4) is 0 Å². The fourth-order valence-corrected chi connectivity index (χ4v) is 6.75. The Kier molecular flexibility index (Phi) is 5.64. The number of hydrogen-bond donors (Lipinski definition) is 3. The number of rotatable bonds is 4. The van der Waals surface area contributed by atoms with E-state index >= 15 is 0 Å². The van der Waals surface area contributed by atoms with Gasteiger partial charge in [-0.3, -0.25) is 29.8 Å². The summed E-state index contributed by atoms with van der Waals surface area (Å²) in [5, 5.41) is 12.5. The number of carbonyl (C=O) groups excluding carboxylic acids is 3. The van der Waals surface area contributed by atoms with Crippen LogP contribution >= 0.6 is 12.4 Å². The van der Waals surface area contributed by atoms with Crippen LogP contribution in [-0.4, -0.2) is 46.0 Å². The Balaban J connectivity index is 0.00000218. The Morgan fingerprint density at radius 3 is 2.23 bits per heavy atom. The normalized spacial score (nSPS) is 36.7. The van der Waals surface area contributed by atoms with E-state index < -0.39 is 24.0 Å². The SMILES string of the molecule is Cl.O=C(CN1C(=O)[C@@H](Cc2ccccc2)NC2(C1=O)C1CC3CC(C1)CC2C3)NO. The Morgan fingerprint density at radius 2 is 1.67 bits per heavy atom. The van der Waals surface area contributed by atoms with Gasteiger partial charge in [0.1, 0.15) is 12.1 Å². The number of hydroxylamine groups is 1. The highest BCUT2D eigenvalue weighted by atomic mass is 35.5. The van der Waals surface area contributed by atoms with E-state index in [4.69, 9.17) is 5.21 Å². The topological polar surface area (TPSA) is 98.7 Å². The Hall–Kier alpha value is -1.96. The highest BCUT2D eigenvalue weighted by molar-refractivity contribution is 6.07. The number of halogens is 1. The number of hydrogen-bond acceptors (Lipinski definition) is 5. The van der Waals surface area contributed by atoms with Crippen LogP contribution in [0.1, 0.15) is 37.7 Å². The Morgan fingerprint density at radius 1 is 1.07 bits per heavy atom. The van der Waals surface area contributed by atoms with Crippen molar-refractivity contribution in [1.29, 1.82) is 0 Å². The number of nitrogens with zero attached hydrogens (tertiary/aromatic N) is 1. The average Bonchev–Trinajstić information content (AvgIpc) is 2.72. The maximum atomic E-state index is 13.7. The molecule has 1 saturated heterocycles. The molecule has 0 unspecified atom stereocenters. The van der Waals surface area contributed by atoms with Crippen molar-refractivity contribution in [3.05, 3.63) is 35.9 Å². The number of nitrogens with one attached hydrogen (secondary N) is 2. The second kappa shape index (κ2) is 7.94. The molecule has 3 N–H and O–H groups in total. The minimum atomic E-state index is -0.767. The lowest BCUT2D eigenvalue weighted by molar-refractivity contribution is -0.175. The van der Waals surface area contributed by atoms with Crippen molar-refractivity contribution in [3.63, 3.8) is 0 Å². The maximum Gasteiger partial charge on any atom is 0.263 e. The number of imide groups is 1. The summed E-state index contributed by atoms with van der Waals surface area (Å²) in [5.74, 6) is 0.362. The molecule has 1 spiro atoms.